The van der Waals surface area contributed by atoms with E-state index in [9.17, 15) is 0 Å². The van der Waals surface area contributed by atoms with E-state index < -0.39 is 0 Å². The second kappa shape index (κ2) is 5.64. The SMILES string of the molecule is CSc1ccc(Cl)c(C(C)CCN)c1. The molecule has 0 saturated carbocycles. The lowest BCUT2D eigenvalue weighted by Crippen LogP contribution is -2.05. The Labute approximate surface area is 95.0 Å². The number of nitrogens with two attached hydrogens (primary N) is 1. The molecule has 14 heavy (non-hydrogen) atoms. The first-order valence-corrected chi connectivity index (χ1v) is 6.32. The van der Waals surface area contributed by atoms with Gasteiger partial charge in [-0.2, -0.15) is 0 Å². The molecule has 1 aromatic rings. The van der Waals surface area contributed by atoms with Crippen LogP contribution in [0.2, 0.25) is 5.02 Å². The van der Waals surface area contributed by atoms with Gasteiger partial charge >= 0.3 is 0 Å². The zero-order valence-corrected chi connectivity index (χ0v) is 10.2. The molecule has 1 atom stereocenters. The molecule has 1 unspecified atom stereocenters. The molecule has 0 saturated heterocycles. The van der Waals surface area contributed by atoms with Crippen molar-refractivity contribution < 1.29 is 0 Å². The van der Waals surface area contributed by atoms with E-state index in [-0.39, 0.29) is 0 Å². The van der Waals surface area contributed by atoms with Crippen molar-refractivity contribution in [1.29, 1.82) is 0 Å². The Hall–Kier alpha value is -0.180. The van der Waals surface area contributed by atoms with Gasteiger partial charge in [0.1, 0.15) is 0 Å². The molecule has 1 nitrogen and oxygen atoms in total. The number of thioether (sulfide) groups is 1. The first-order chi connectivity index (χ1) is 6.69. The lowest BCUT2D eigenvalue weighted by atomic mass is 9.98. The van der Waals surface area contributed by atoms with Crippen molar-refractivity contribution in [2.45, 2.75) is 24.2 Å². The standard InChI is InChI=1S/C11H16ClNS/c1-8(5-6-13)10-7-9(14-2)3-4-11(10)12/h3-4,7-8H,5-6,13H2,1-2H3. The van der Waals surface area contributed by atoms with E-state index in [1.807, 2.05) is 12.1 Å². The molecule has 78 valence electrons. The lowest BCUT2D eigenvalue weighted by Gasteiger charge is -2.13. The fourth-order valence-electron chi connectivity index (χ4n) is 1.43. The highest BCUT2D eigenvalue weighted by molar-refractivity contribution is 7.98. The molecule has 1 rings (SSSR count). The summed E-state index contributed by atoms with van der Waals surface area (Å²) in [6.07, 6.45) is 3.05. The van der Waals surface area contributed by atoms with E-state index in [2.05, 4.69) is 19.2 Å². The van der Waals surface area contributed by atoms with Gasteiger partial charge in [0.05, 0.1) is 0 Å². The summed E-state index contributed by atoms with van der Waals surface area (Å²) in [4.78, 5) is 1.26. The largest absolute Gasteiger partial charge is 0.330 e. The highest BCUT2D eigenvalue weighted by Crippen LogP contribution is 2.30. The van der Waals surface area contributed by atoms with E-state index in [4.69, 9.17) is 17.3 Å². The number of rotatable bonds is 4. The first kappa shape index (κ1) is 11.9. The third-order valence-electron chi connectivity index (χ3n) is 2.33. The number of halogens is 1. The summed E-state index contributed by atoms with van der Waals surface area (Å²) in [5.74, 6) is 0.444. The van der Waals surface area contributed by atoms with Gasteiger partial charge in [0.2, 0.25) is 0 Å². The molecule has 3 heteroatoms. The molecule has 0 aromatic heterocycles. The molecule has 0 heterocycles. The summed E-state index contributed by atoms with van der Waals surface area (Å²) >= 11 is 7.87. The average molecular weight is 230 g/mol. The molecular weight excluding hydrogens is 214 g/mol. The lowest BCUT2D eigenvalue weighted by molar-refractivity contribution is 0.689. The minimum atomic E-state index is 0.444. The molecule has 2 N–H and O–H groups in total. The van der Waals surface area contributed by atoms with E-state index in [1.54, 1.807) is 11.8 Å². The number of hydrogen-bond acceptors (Lipinski definition) is 2. The number of hydrogen-bond donors (Lipinski definition) is 1. The Kier molecular flexibility index (Phi) is 4.79. The van der Waals surface area contributed by atoms with Crippen LogP contribution in [-0.2, 0) is 0 Å². The zero-order valence-electron chi connectivity index (χ0n) is 8.59. The van der Waals surface area contributed by atoms with Crippen LogP contribution in [0.5, 0.6) is 0 Å². The molecule has 1 aromatic carbocycles. The molecule has 0 radical (unpaired) electrons. The van der Waals surface area contributed by atoms with E-state index in [0.717, 1.165) is 11.4 Å². The van der Waals surface area contributed by atoms with Crippen LogP contribution in [0.15, 0.2) is 23.1 Å². The van der Waals surface area contributed by atoms with Gasteiger partial charge in [0.25, 0.3) is 0 Å². The summed E-state index contributed by atoms with van der Waals surface area (Å²) in [6, 6.07) is 6.18. The Bertz CT molecular complexity index is 301. The van der Waals surface area contributed by atoms with Crippen LogP contribution >= 0.6 is 23.4 Å². The second-order valence-corrected chi connectivity index (χ2v) is 4.65. The number of benzene rings is 1. The van der Waals surface area contributed by atoms with Crippen LogP contribution in [-0.4, -0.2) is 12.8 Å². The molecule has 0 fully saturated rings. The van der Waals surface area contributed by atoms with Crippen molar-refractivity contribution in [3.63, 3.8) is 0 Å². The van der Waals surface area contributed by atoms with Gasteiger partial charge in [-0.05, 0) is 48.9 Å². The molecule has 0 aliphatic carbocycles. The van der Waals surface area contributed by atoms with E-state index in [0.29, 0.717) is 12.5 Å². The smallest absolute Gasteiger partial charge is 0.0441 e. The van der Waals surface area contributed by atoms with Crippen LogP contribution in [0.4, 0.5) is 0 Å². The topological polar surface area (TPSA) is 26.0 Å². The average Bonchev–Trinajstić information content (AvgIpc) is 2.19. The Morgan fingerprint density at radius 1 is 1.50 bits per heavy atom. The van der Waals surface area contributed by atoms with Crippen molar-refractivity contribution in [2.24, 2.45) is 5.73 Å². The van der Waals surface area contributed by atoms with Crippen molar-refractivity contribution in [2.75, 3.05) is 12.8 Å². The molecule has 0 bridgehead atoms. The Morgan fingerprint density at radius 3 is 2.79 bits per heavy atom. The van der Waals surface area contributed by atoms with Gasteiger partial charge in [-0.1, -0.05) is 18.5 Å². The first-order valence-electron chi connectivity index (χ1n) is 4.72. The van der Waals surface area contributed by atoms with Crippen LogP contribution in [0.1, 0.15) is 24.8 Å². The third kappa shape index (κ3) is 2.91. The van der Waals surface area contributed by atoms with Crippen LogP contribution in [0.3, 0.4) is 0 Å². The fourth-order valence-corrected chi connectivity index (χ4v) is 2.18. The molecule has 0 aliphatic heterocycles. The predicted molar refractivity (Wildman–Crippen MR) is 65.3 cm³/mol. The van der Waals surface area contributed by atoms with Gasteiger partial charge in [0.15, 0.2) is 0 Å². The Balaban J connectivity index is 2.93. The van der Waals surface area contributed by atoms with Crippen LogP contribution in [0.25, 0.3) is 0 Å². The molecule has 0 spiro atoms. The normalized spacial score (nSPS) is 12.9. The van der Waals surface area contributed by atoms with Gasteiger partial charge in [0, 0.05) is 9.92 Å². The summed E-state index contributed by atoms with van der Waals surface area (Å²) in [5.41, 5.74) is 6.75. The predicted octanol–water partition coefficient (Wildman–Crippen LogP) is 3.51. The van der Waals surface area contributed by atoms with Gasteiger partial charge < -0.3 is 5.73 Å². The summed E-state index contributed by atoms with van der Waals surface area (Å²) in [7, 11) is 0. The molecular formula is C11H16ClNS. The van der Waals surface area contributed by atoms with Crippen molar-refractivity contribution in [3.8, 4) is 0 Å². The highest BCUT2D eigenvalue weighted by Gasteiger charge is 2.09. The van der Waals surface area contributed by atoms with Gasteiger partial charge in [-0.15, -0.1) is 11.8 Å². The van der Waals surface area contributed by atoms with Crippen molar-refractivity contribution >= 4 is 23.4 Å². The maximum absolute atomic E-state index is 6.13. The van der Waals surface area contributed by atoms with Gasteiger partial charge in [-0.3, -0.25) is 0 Å². The van der Waals surface area contributed by atoms with Crippen molar-refractivity contribution in [3.05, 3.63) is 28.8 Å². The fraction of sp³-hybridized carbons (Fsp3) is 0.455. The third-order valence-corrected chi connectivity index (χ3v) is 3.40. The van der Waals surface area contributed by atoms with Crippen molar-refractivity contribution in [1.82, 2.24) is 0 Å². The maximum atomic E-state index is 6.13. The summed E-state index contributed by atoms with van der Waals surface area (Å²) in [5, 5.41) is 0.851. The highest BCUT2D eigenvalue weighted by atomic mass is 35.5. The van der Waals surface area contributed by atoms with Gasteiger partial charge in [-0.25, -0.2) is 0 Å². The monoisotopic (exact) mass is 229 g/mol. The molecule has 0 amide bonds. The zero-order chi connectivity index (χ0) is 10.6. The minimum Gasteiger partial charge on any atom is -0.330 e. The second-order valence-electron chi connectivity index (χ2n) is 3.37. The van der Waals surface area contributed by atoms with E-state index in [1.165, 1.54) is 10.5 Å². The summed E-state index contributed by atoms with van der Waals surface area (Å²) in [6.45, 7) is 2.87. The quantitative estimate of drug-likeness (QED) is 0.800. The minimum absolute atomic E-state index is 0.444. The van der Waals surface area contributed by atoms with Crippen LogP contribution < -0.4 is 5.73 Å². The van der Waals surface area contributed by atoms with E-state index >= 15 is 0 Å². The molecule has 0 aliphatic rings. The summed E-state index contributed by atoms with van der Waals surface area (Å²) < 4.78 is 0. The maximum Gasteiger partial charge on any atom is 0.0441 e. The van der Waals surface area contributed by atoms with Crippen LogP contribution in [0, 0.1) is 0 Å². The Morgan fingerprint density at radius 2 is 2.21 bits per heavy atom.